The molecule has 182 valence electrons. The van der Waals surface area contributed by atoms with Crippen LogP contribution in [0.1, 0.15) is 32.2 Å². The quantitative estimate of drug-likeness (QED) is 0.410. The fraction of sp³-hybridized carbons (Fsp3) is 0.320. The summed E-state index contributed by atoms with van der Waals surface area (Å²) in [7, 11) is -3.29. The number of hydrogen-bond donors (Lipinski definition) is 1. The lowest BCUT2D eigenvalue weighted by molar-refractivity contribution is 0.258. The lowest BCUT2D eigenvalue weighted by Gasteiger charge is -2.32. The first-order valence-corrected chi connectivity index (χ1v) is 13.4. The maximum atomic E-state index is 12.7. The van der Waals surface area contributed by atoms with Crippen LogP contribution in [0.2, 0.25) is 0 Å². The predicted octanol–water partition coefficient (Wildman–Crippen LogP) is 4.24. The van der Waals surface area contributed by atoms with Gasteiger partial charge in [-0.1, -0.05) is 25.1 Å². The number of aromatic nitrogens is 4. The Hall–Kier alpha value is -3.50. The molecule has 0 radical (unpaired) electrons. The van der Waals surface area contributed by atoms with E-state index < -0.39 is 10.0 Å². The molecule has 0 aliphatic carbocycles. The van der Waals surface area contributed by atoms with Crippen LogP contribution < -0.4 is 10.5 Å². The number of rotatable bonds is 7. The van der Waals surface area contributed by atoms with E-state index in [9.17, 15) is 8.42 Å². The fourth-order valence-corrected chi connectivity index (χ4v) is 6.10. The molecule has 4 aromatic rings. The highest BCUT2D eigenvalue weighted by Crippen LogP contribution is 2.35. The summed E-state index contributed by atoms with van der Waals surface area (Å²) in [5.41, 5.74) is 8.39. The molecule has 1 aliphatic rings. The summed E-state index contributed by atoms with van der Waals surface area (Å²) in [6.07, 6.45) is 3.58. The summed E-state index contributed by atoms with van der Waals surface area (Å²) in [4.78, 5) is 8.66. The first kappa shape index (κ1) is 23.3. The van der Waals surface area contributed by atoms with E-state index in [1.165, 1.54) is 6.33 Å². The summed E-state index contributed by atoms with van der Waals surface area (Å²) in [6.45, 7) is 2.78. The van der Waals surface area contributed by atoms with Crippen molar-refractivity contribution in [1.82, 2.24) is 24.1 Å². The van der Waals surface area contributed by atoms with Crippen LogP contribution in [0.5, 0.6) is 11.5 Å². The predicted molar refractivity (Wildman–Crippen MR) is 136 cm³/mol. The number of para-hydroxylation sites is 1. The van der Waals surface area contributed by atoms with E-state index in [2.05, 4.69) is 9.97 Å². The maximum Gasteiger partial charge on any atom is 0.214 e. The second-order valence-corrected chi connectivity index (χ2v) is 10.7. The van der Waals surface area contributed by atoms with Crippen LogP contribution in [0.25, 0.3) is 22.3 Å². The smallest absolute Gasteiger partial charge is 0.214 e. The molecule has 35 heavy (non-hydrogen) atoms. The van der Waals surface area contributed by atoms with Crippen LogP contribution in [0, 0.1) is 0 Å². The van der Waals surface area contributed by atoms with Crippen LogP contribution >= 0.6 is 0 Å². The molecule has 1 fully saturated rings. The topological polar surface area (TPSA) is 116 Å². The van der Waals surface area contributed by atoms with Gasteiger partial charge < -0.3 is 10.5 Å². The Morgan fingerprint density at radius 3 is 2.54 bits per heavy atom. The van der Waals surface area contributed by atoms with Crippen molar-refractivity contribution < 1.29 is 13.2 Å². The SMILES string of the molecule is CCCS(=O)(=O)N1CCCC(n2nc(-c3ccc(Oc4ccccc4)cc3)c3c(N)ncnc32)C1. The lowest BCUT2D eigenvalue weighted by Crippen LogP contribution is -2.42. The number of piperidine rings is 1. The largest absolute Gasteiger partial charge is 0.457 e. The Labute approximate surface area is 204 Å². The average Bonchev–Trinajstić information content (AvgIpc) is 3.26. The third-order valence-corrected chi connectivity index (χ3v) is 8.23. The molecule has 1 aliphatic heterocycles. The van der Waals surface area contributed by atoms with Crippen molar-refractivity contribution in [2.75, 3.05) is 24.6 Å². The number of hydrogen-bond acceptors (Lipinski definition) is 7. The molecule has 3 heterocycles. The Morgan fingerprint density at radius 1 is 1.06 bits per heavy atom. The molecule has 0 saturated carbocycles. The van der Waals surface area contributed by atoms with Crippen molar-refractivity contribution in [2.24, 2.45) is 0 Å². The van der Waals surface area contributed by atoms with Gasteiger partial charge in [-0.15, -0.1) is 0 Å². The minimum absolute atomic E-state index is 0.137. The highest BCUT2D eigenvalue weighted by molar-refractivity contribution is 7.89. The van der Waals surface area contributed by atoms with Gasteiger partial charge in [-0.3, -0.25) is 0 Å². The molecule has 9 nitrogen and oxygen atoms in total. The van der Waals surface area contributed by atoms with Gasteiger partial charge in [0.2, 0.25) is 10.0 Å². The van der Waals surface area contributed by atoms with E-state index in [1.807, 2.05) is 66.2 Å². The van der Waals surface area contributed by atoms with Gasteiger partial charge in [-0.25, -0.2) is 23.1 Å². The minimum atomic E-state index is -3.29. The van der Waals surface area contributed by atoms with Crippen molar-refractivity contribution in [2.45, 2.75) is 32.2 Å². The number of ether oxygens (including phenoxy) is 1. The van der Waals surface area contributed by atoms with Crippen molar-refractivity contribution in [3.05, 3.63) is 60.9 Å². The van der Waals surface area contributed by atoms with E-state index in [4.69, 9.17) is 15.6 Å². The Kier molecular flexibility index (Phi) is 6.40. The summed E-state index contributed by atoms with van der Waals surface area (Å²) >= 11 is 0. The second kappa shape index (κ2) is 9.63. The molecule has 1 atom stereocenters. The summed E-state index contributed by atoms with van der Waals surface area (Å²) in [5.74, 6) is 1.95. The highest BCUT2D eigenvalue weighted by Gasteiger charge is 2.31. The van der Waals surface area contributed by atoms with Crippen LogP contribution in [-0.2, 0) is 10.0 Å². The fourth-order valence-electron chi connectivity index (χ4n) is 4.52. The Bertz CT molecular complexity index is 1420. The van der Waals surface area contributed by atoms with E-state index in [1.54, 1.807) is 4.31 Å². The van der Waals surface area contributed by atoms with Gasteiger partial charge in [0.15, 0.2) is 5.65 Å². The lowest BCUT2D eigenvalue weighted by atomic mass is 10.1. The van der Waals surface area contributed by atoms with E-state index in [-0.39, 0.29) is 11.8 Å². The maximum absolute atomic E-state index is 12.7. The van der Waals surface area contributed by atoms with Crippen LogP contribution in [0.4, 0.5) is 5.82 Å². The molecular weight excluding hydrogens is 464 g/mol. The van der Waals surface area contributed by atoms with Gasteiger partial charge >= 0.3 is 0 Å². The summed E-state index contributed by atoms with van der Waals surface area (Å²) in [5, 5.41) is 5.56. The van der Waals surface area contributed by atoms with Crippen molar-refractivity contribution in [1.29, 1.82) is 0 Å². The number of benzene rings is 2. The van der Waals surface area contributed by atoms with Crippen molar-refractivity contribution >= 4 is 26.9 Å². The number of nitrogen functional groups attached to an aromatic ring is 1. The number of anilines is 1. The Morgan fingerprint density at radius 2 is 1.80 bits per heavy atom. The van der Waals surface area contributed by atoms with Crippen LogP contribution in [0.15, 0.2) is 60.9 Å². The minimum Gasteiger partial charge on any atom is -0.457 e. The zero-order valence-corrected chi connectivity index (χ0v) is 20.4. The molecule has 2 aromatic heterocycles. The summed E-state index contributed by atoms with van der Waals surface area (Å²) < 4.78 is 34.7. The number of nitrogens with zero attached hydrogens (tertiary/aromatic N) is 5. The molecule has 0 bridgehead atoms. The molecule has 0 spiro atoms. The molecule has 1 unspecified atom stereocenters. The third kappa shape index (κ3) is 4.71. The van der Waals surface area contributed by atoms with Crippen molar-refractivity contribution in [3.8, 4) is 22.8 Å². The van der Waals surface area contributed by atoms with Crippen molar-refractivity contribution in [3.63, 3.8) is 0 Å². The standard InChI is InChI=1S/C25H28N6O3S/c1-2-15-35(32,33)30-14-6-7-19(16-30)31-25-22(24(26)27-17-28-25)23(29-31)18-10-12-21(13-11-18)34-20-8-4-3-5-9-20/h3-5,8-13,17,19H,2,6-7,14-16H2,1H3,(H2,26,27,28). The highest BCUT2D eigenvalue weighted by atomic mass is 32.2. The number of nitrogens with two attached hydrogens (primary N) is 1. The van der Waals surface area contributed by atoms with E-state index >= 15 is 0 Å². The molecule has 1 saturated heterocycles. The van der Waals surface area contributed by atoms with Gasteiger partial charge in [0.25, 0.3) is 0 Å². The molecule has 5 rings (SSSR count). The zero-order valence-electron chi connectivity index (χ0n) is 19.5. The first-order valence-electron chi connectivity index (χ1n) is 11.8. The van der Waals surface area contributed by atoms with Gasteiger partial charge in [0, 0.05) is 18.7 Å². The molecule has 0 amide bonds. The molecule has 10 heteroatoms. The molecule has 2 aromatic carbocycles. The number of fused-ring (bicyclic) bond motifs is 1. The molecule has 2 N–H and O–H groups in total. The Balaban J connectivity index is 1.49. The summed E-state index contributed by atoms with van der Waals surface area (Å²) in [6, 6.07) is 17.1. The number of sulfonamides is 1. The monoisotopic (exact) mass is 492 g/mol. The normalized spacial score (nSPS) is 17.0. The first-order chi connectivity index (χ1) is 17.0. The van der Waals surface area contributed by atoms with Crippen LogP contribution in [-0.4, -0.2) is 51.3 Å². The van der Waals surface area contributed by atoms with Gasteiger partial charge in [0.1, 0.15) is 29.3 Å². The van der Waals surface area contributed by atoms with Crippen LogP contribution in [0.3, 0.4) is 0 Å². The third-order valence-electron chi connectivity index (χ3n) is 6.19. The van der Waals surface area contributed by atoms with Gasteiger partial charge in [-0.2, -0.15) is 9.40 Å². The average molecular weight is 493 g/mol. The van der Waals surface area contributed by atoms with E-state index in [0.717, 1.165) is 24.2 Å². The zero-order chi connectivity index (χ0) is 24.4. The second-order valence-electron chi connectivity index (χ2n) is 8.66. The van der Waals surface area contributed by atoms with Gasteiger partial charge in [-0.05, 0) is 55.7 Å². The van der Waals surface area contributed by atoms with Gasteiger partial charge in [0.05, 0.1) is 17.2 Å². The molecular formula is C25H28N6O3S. The van der Waals surface area contributed by atoms with E-state index in [0.29, 0.717) is 47.8 Å².